The van der Waals surface area contributed by atoms with Gasteiger partial charge in [0.15, 0.2) is 0 Å². The van der Waals surface area contributed by atoms with Crippen molar-refractivity contribution in [1.82, 2.24) is 9.97 Å². The molecular formula is C7H14N2. The lowest BCUT2D eigenvalue weighted by molar-refractivity contribution is 0.886. The molecule has 0 amide bonds. The summed E-state index contributed by atoms with van der Waals surface area (Å²) in [6.45, 7) is 4.36. The average molecular weight is 126 g/mol. The minimum absolute atomic E-state index is 1.32. The summed E-state index contributed by atoms with van der Waals surface area (Å²) in [7, 11) is 0. The quantitative estimate of drug-likeness (QED) is 0.614. The molecule has 9 heavy (non-hydrogen) atoms. The number of aromatic nitrogens is 2. The monoisotopic (exact) mass is 126 g/mol. The van der Waals surface area contributed by atoms with Crippen LogP contribution < -0.4 is 0 Å². The molecule has 0 aliphatic rings. The molecule has 0 atom stereocenters. The van der Waals surface area contributed by atoms with Gasteiger partial charge in [-0.05, 0) is 0 Å². The van der Waals surface area contributed by atoms with Crippen molar-refractivity contribution in [2.24, 2.45) is 0 Å². The van der Waals surface area contributed by atoms with Crippen molar-refractivity contribution in [2.45, 2.75) is 26.7 Å². The third-order valence-electron chi connectivity index (χ3n) is 0.906. The number of H-pyrrole nitrogens is 1. The second-order valence-electron chi connectivity index (χ2n) is 1.76. The summed E-state index contributed by atoms with van der Waals surface area (Å²) >= 11 is 0. The first-order chi connectivity index (χ1) is 4.41. The Hall–Kier alpha value is -0.790. The van der Waals surface area contributed by atoms with Crippen LogP contribution in [0.15, 0.2) is 18.7 Å². The third kappa shape index (κ3) is 7.21. The average Bonchev–Trinajstić information content (AvgIpc) is 2.43. The molecule has 1 aromatic heterocycles. The SMILES string of the molecule is CCCC.c1c[nH]cn1. The molecule has 0 aromatic carbocycles. The van der Waals surface area contributed by atoms with E-state index in [4.69, 9.17) is 0 Å². The minimum Gasteiger partial charge on any atom is -0.351 e. The van der Waals surface area contributed by atoms with Crippen LogP contribution in [0, 0.1) is 0 Å². The van der Waals surface area contributed by atoms with Crippen LogP contribution in [-0.2, 0) is 0 Å². The highest BCUT2D eigenvalue weighted by Crippen LogP contribution is 1.76. The minimum atomic E-state index is 1.32. The van der Waals surface area contributed by atoms with E-state index in [0.29, 0.717) is 0 Å². The highest BCUT2D eigenvalue weighted by molar-refractivity contribution is 4.64. The van der Waals surface area contributed by atoms with Gasteiger partial charge in [0.05, 0.1) is 6.33 Å². The van der Waals surface area contributed by atoms with Gasteiger partial charge >= 0.3 is 0 Å². The van der Waals surface area contributed by atoms with Gasteiger partial charge in [0.2, 0.25) is 0 Å². The smallest absolute Gasteiger partial charge is 0.0919 e. The Morgan fingerprint density at radius 1 is 1.33 bits per heavy atom. The zero-order chi connectivity index (χ0) is 6.95. The molecule has 1 rings (SSSR count). The Labute approximate surface area is 56.3 Å². The summed E-state index contributed by atoms with van der Waals surface area (Å²) < 4.78 is 0. The maximum Gasteiger partial charge on any atom is 0.0919 e. The first-order valence-corrected chi connectivity index (χ1v) is 3.34. The fourth-order valence-electron chi connectivity index (χ4n) is 0.215. The van der Waals surface area contributed by atoms with Crippen LogP contribution in [0.2, 0.25) is 0 Å². The number of hydrogen-bond acceptors (Lipinski definition) is 1. The maximum absolute atomic E-state index is 3.67. The van der Waals surface area contributed by atoms with Crippen LogP contribution in [-0.4, -0.2) is 9.97 Å². The molecule has 1 N–H and O–H groups in total. The molecule has 0 fully saturated rings. The molecule has 0 saturated heterocycles. The van der Waals surface area contributed by atoms with Crippen molar-refractivity contribution in [1.29, 1.82) is 0 Å². The standard InChI is InChI=1S/C4H10.C3H4N2/c1-3-4-2;1-2-5-3-4-1/h3-4H2,1-2H3;1-3H,(H,4,5). The maximum atomic E-state index is 3.67. The lowest BCUT2D eigenvalue weighted by atomic mass is 10.4. The normalized spacial score (nSPS) is 7.78. The van der Waals surface area contributed by atoms with Crippen molar-refractivity contribution < 1.29 is 0 Å². The van der Waals surface area contributed by atoms with Crippen molar-refractivity contribution in [3.05, 3.63) is 18.7 Å². The topological polar surface area (TPSA) is 28.7 Å². The van der Waals surface area contributed by atoms with Crippen molar-refractivity contribution in [3.63, 3.8) is 0 Å². The molecule has 1 heterocycles. The van der Waals surface area contributed by atoms with Gasteiger partial charge in [-0.25, -0.2) is 4.98 Å². The van der Waals surface area contributed by atoms with E-state index >= 15 is 0 Å². The van der Waals surface area contributed by atoms with E-state index in [1.165, 1.54) is 12.8 Å². The van der Waals surface area contributed by atoms with E-state index in [-0.39, 0.29) is 0 Å². The number of imidazole rings is 1. The van der Waals surface area contributed by atoms with Gasteiger partial charge in [-0.15, -0.1) is 0 Å². The van der Waals surface area contributed by atoms with Crippen LogP contribution in [0.25, 0.3) is 0 Å². The second-order valence-corrected chi connectivity index (χ2v) is 1.76. The molecule has 0 bridgehead atoms. The van der Waals surface area contributed by atoms with E-state index in [0.717, 1.165) is 0 Å². The van der Waals surface area contributed by atoms with Gasteiger partial charge in [-0.2, -0.15) is 0 Å². The van der Waals surface area contributed by atoms with Crippen LogP contribution >= 0.6 is 0 Å². The fraction of sp³-hybridized carbons (Fsp3) is 0.571. The zero-order valence-corrected chi connectivity index (χ0v) is 6.09. The first-order valence-electron chi connectivity index (χ1n) is 3.34. The summed E-state index contributed by atoms with van der Waals surface area (Å²) in [5.74, 6) is 0. The Balaban J connectivity index is 0.000000148. The molecular weight excluding hydrogens is 112 g/mol. The predicted molar refractivity (Wildman–Crippen MR) is 39.2 cm³/mol. The van der Waals surface area contributed by atoms with Gasteiger partial charge < -0.3 is 4.98 Å². The van der Waals surface area contributed by atoms with Crippen molar-refractivity contribution >= 4 is 0 Å². The Kier molecular flexibility index (Phi) is 6.58. The lowest BCUT2D eigenvalue weighted by Gasteiger charge is -1.68. The van der Waals surface area contributed by atoms with E-state index in [1.807, 2.05) is 0 Å². The highest BCUT2D eigenvalue weighted by atomic mass is 14.8. The lowest BCUT2D eigenvalue weighted by Crippen LogP contribution is -1.47. The van der Waals surface area contributed by atoms with Crippen molar-refractivity contribution in [2.75, 3.05) is 0 Å². The third-order valence-corrected chi connectivity index (χ3v) is 0.906. The van der Waals surface area contributed by atoms with Gasteiger partial charge in [-0.1, -0.05) is 26.7 Å². The number of nitrogens with one attached hydrogen (secondary N) is 1. The molecule has 1 aromatic rings. The molecule has 0 radical (unpaired) electrons. The molecule has 2 heteroatoms. The number of nitrogens with zero attached hydrogens (tertiary/aromatic N) is 1. The molecule has 0 unspecified atom stereocenters. The summed E-state index contributed by atoms with van der Waals surface area (Å²) in [5.41, 5.74) is 0. The summed E-state index contributed by atoms with van der Waals surface area (Å²) in [6.07, 6.45) is 7.72. The van der Waals surface area contributed by atoms with Crippen LogP contribution in [0.1, 0.15) is 26.7 Å². The van der Waals surface area contributed by atoms with E-state index in [2.05, 4.69) is 23.8 Å². The molecule has 2 nitrogen and oxygen atoms in total. The molecule has 0 saturated carbocycles. The van der Waals surface area contributed by atoms with E-state index < -0.39 is 0 Å². The van der Waals surface area contributed by atoms with Crippen LogP contribution in [0.5, 0.6) is 0 Å². The number of hydrogen-bond donors (Lipinski definition) is 1. The van der Waals surface area contributed by atoms with E-state index in [9.17, 15) is 0 Å². The Bertz CT molecular complexity index is 82.4. The van der Waals surface area contributed by atoms with Crippen molar-refractivity contribution in [3.8, 4) is 0 Å². The van der Waals surface area contributed by atoms with Gasteiger partial charge in [0.25, 0.3) is 0 Å². The predicted octanol–water partition coefficient (Wildman–Crippen LogP) is 2.22. The summed E-state index contributed by atoms with van der Waals surface area (Å²) in [6, 6.07) is 0. The van der Waals surface area contributed by atoms with Crippen LogP contribution in [0.4, 0.5) is 0 Å². The second kappa shape index (κ2) is 7.21. The molecule has 52 valence electrons. The van der Waals surface area contributed by atoms with Crippen LogP contribution in [0.3, 0.4) is 0 Å². The summed E-state index contributed by atoms with van der Waals surface area (Å²) in [4.78, 5) is 6.42. The fourth-order valence-corrected chi connectivity index (χ4v) is 0.215. The Morgan fingerprint density at radius 2 is 2.00 bits per heavy atom. The number of unbranched alkanes of at least 4 members (excludes halogenated alkanes) is 1. The zero-order valence-electron chi connectivity index (χ0n) is 6.09. The van der Waals surface area contributed by atoms with Gasteiger partial charge in [0, 0.05) is 12.4 Å². The van der Waals surface area contributed by atoms with E-state index in [1.54, 1.807) is 18.7 Å². The van der Waals surface area contributed by atoms with Gasteiger partial charge in [0.1, 0.15) is 0 Å². The molecule has 0 aliphatic heterocycles. The first kappa shape index (κ1) is 8.21. The largest absolute Gasteiger partial charge is 0.351 e. The summed E-state index contributed by atoms with van der Waals surface area (Å²) in [5, 5.41) is 0. The number of rotatable bonds is 1. The molecule has 0 aliphatic carbocycles. The Morgan fingerprint density at radius 3 is 2.11 bits per heavy atom. The highest BCUT2D eigenvalue weighted by Gasteiger charge is 1.56. The molecule has 0 spiro atoms. The number of aromatic amines is 1. The van der Waals surface area contributed by atoms with Gasteiger partial charge in [-0.3, -0.25) is 0 Å².